The molecule has 1 heterocycles. The summed E-state index contributed by atoms with van der Waals surface area (Å²) in [5.41, 5.74) is 0. The summed E-state index contributed by atoms with van der Waals surface area (Å²) in [6.07, 6.45) is 6.40. The third-order valence-electron chi connectivity index (χ3n) is 4.30. The van der Waals surface area contributed by atoms with Crippen molar-refractivity contribution in [3.8, 4) is 0 Å². The van der Waals surface area contributed by atoms with Crippen LogP contribution >= 0.6 is 0 Å². The summed E-state index contributed by atoms with van der Waals surface area (Å²) in [6.45, 7) is 3.52. The fourth-order valence-corrected chi connectivity index (χ4v) is 3.47. The van der Waals surface area contributed by atoms with Crippen molar-refractivity contribution in [3.05, 3.63) is 0 Å². The Labute approximate surface area is 110 Å². The summed E-state index contributed by atoms with van der Waals surface area (Å²) in [4.78, 5) is 2.49. The molecule has 1 aliphatic heterocycles. The molecule has 106 valence electrons. The highest BCUT2D eigenvalue weighted by Crippen LogP contribution is 2.36. The predicted octanol–water partition coefficient (Wildman–Crippen LogP) is 1.27. The quantitative estimate of drug-likeness (QED) is 0.698. The number of aliphatic hydroxyl groups is 1. The third-order valence-corrected chi connectivity index (χ3v) is 4.30. The molecule has 18 heavy (non-hydrogen) atoms. The molecule has 2 aliphatic rings. The number of piperidine rings is 1. The normalized spacial score (nSPS) is 30.3. The monoisotopic (exact) mass is 257 g/mol. The molecular formula is C14H27NO3. The first kappa shape index (κ1) is 14.3. The average Bonchev–Trinajstić information content (AvgIpc) is 2.84. The number of ether oxygens (including phenoxy) is 2. The minimum Gasteiger partial charge on any atom is -0.389 e. The molecule has 1 N–H and O–H groups in total. The van der Waals surface area contributed by atoms with Crippen molar-refractivity contribution in [1.29, 1.82) is 0 Å². The SMILES string of the molecule is COCCOCC(O)CN1CCCC2CCCC21. The minimum atomic E-state index is -0.360. The Bertz CT molecular complexity index is 237. The molecule has 4 heteroatoms. The molecule has 3 unspecified atom stereocenters. The van der Waals surface area contributed by atoms with Crippen molar-refractivity contribution in [1.82, 2.24) is 4.90 Å². The van der Waals surface area contributed by atoms with Crippen LogP contribution in [0.3, 0.4) is 0 Å². The molecule has 0 amide bonds. The van der Waals surface area contributed by atoms with Crippen LogP contribution in [0.1, 0.15) is 32.1 Å². The van der Waals surface area contributed by atoms with E-state index in [-0.39, 0.29) is 6.10 Å². The van der Waals surface area contributed by atoms with Gasteiger partial charge in [0.25, 0.3) is 0 Å². The van der Waals surface area contributed by atoms with E-state index >= 15 is 0 Å². The molecule has 4 nitrogen and oxygen atoms in total. The summed E-state index contributed by atoms with van der Waals surface area (Å²) in [5, 5.41) is 10.0. The maximum Gasteiger partial charge on any atom is 0.0900 e. The molecule has 1 saturated carbocycles. The number of methoxy groups -OCH3 is 1. The molecule has 1 aliphatic carbocycles. The zero-order chi connectivity index (χ0) is 12.8. The second-order valence-electron chi connectivity index (χ2n) is 5.62. The molecule has 0 aromatic heterocycles. The first-order valence-electron chi connectivity index (χ1n) is 7.30. The van der Waals surface area contributed by atoms with Crippen LogP contribution in [0.25, 0.3) is 0 Å². The summed E-state index contributed by atoms with van der Waals surface area (Å²) < 4.78 is 10.3. The van der Waals surface area contributed by atoms with E-state index in [9.17, 15) is 5.11 Å². The molecular weight excluding hydrogens is 230 g/mol. The van der Waals surface area contributed by atoms with Crippen LogP contribution in [0.15, 0.2) is 0 Å². The number of hydrogen-bond donors (Lipinski definition) is 1. The highest BCUT2D eigenvalue weighted by atomic mass is 16.5. The molecule has 1 saturated heterocycles. The molecule has 0 bridgehead atoms. The van der Waals surface area contributed by atoms with Gasteiger partial charge in [0.05, 0.1) is 25.9 Å². The average molecular weight is 257 g/mol. The van der Waals surface area contributed by atoms with Gasteiger partial charge in [-0.25, -0.2) is 0 Å². The molecule has 0 aromatic rings. The predicted molar refractivity (Wildman–Crippen MR) is 70.6 cm³/mol. The number of rotatable bonds is 7. The molecule has 2 fully saturated rings. The van der Waals surface area contributed by atoms with Crippen LogP contribution in [0.5, 0.6) is 0 Å². The van der Waals surface area contributed by atoms with Gasteiger partial charge < -0.3 is 14.6 Å². The van der Waals surface area contributed by atoms with E-state index in [1.54, 1.807) is 7.11 Å². The van der Waals surface area contributed by atoms with E-state index < -0.39 is 0 Å². The Morgan fingerprint density at radius 2 is 2.06 bits per heavy atom. The number of aliphatic hydroxyl groups excluding tert-OH is 1. The van der Waals surface area contributed by atoms with E-state index in [0.29, 0.717) is 19.8 Å². The van der Waals surface area contributed by atoms with Crippen LogP contribution in [0.4, 0.5) is 0 Å². The Kier molecular flexibility index (Phi) is 5.89. The summed E-state index contributed by atoms with van der Waals surface area (Å²) in [7, 11) is 1.66. The second-order valence-corrected chi connectivity index (χ2v) is 5.62. The Morgan fingerprint density at radius 1 is 1.22 bits per heavy atom. The molecule has 0 spiro atoms. The number of likely N-dealkylation sites (tertiary alicyclic amines) is 1. The van der Waals surface area contributed by atoms with Gasteiger partial charge in [-0.05, 0) is 38.1 Å². The second kappa shape index (κ2) is 7.43. The van der Waals surface area contributed by atoms with Crippen molar-refractivity contribution < 1.29 is 14.6 Å². The van der Waals surface area contributed by atoms with E-state index in [1.165, 1.54) is 32.1 Å². The lowest BCUT2D eigenvalue weighted by molar-refractivity contribution is -0.0150. The van der Waals surface area contributed by atoms with E-state index in [1.807, 2.05) is 0 Å². The number of nitrogens with zero attached hydrogens (tertiary/aromatic N) is 1. The van der Waals surface area contributed by atoms with Gasteiger partial charge >= 0.3 is 0 Å². The molecule has 2 rings (SSSR count). The van der Waals surface area contributed by atoms with Gasteiger partial charge in [-0.3, -0.25) is 4.90 Å². The Morgan fingerprint density at radius 3 is 2.89 bits per heavy atom. The smallest absolute Gasteiger partial charge is 0.0900 e. The Hall–Kier alpha value is -0.160. The van der Waals surface area contributed by atoms with Gasteiger partial charge in [0.15, 0.2) is 0 Å². The van der Waals surface area contributed by atoms with Gasteiger partial charge in [0.2, 0.25) is 0 Å². The number of β-amino-alcohol motifs (C(OH)–C–C–N with tert-alkyl or cyclic N) is 1. The lowest BCUT2D eigenvalue weighted by atomic mass is 9.92. The van der Waals surface area contributed by atoms with Crippen LogP contribution in [-0.4, -0.2) is 62.2 Å². The maximum absolute atomic E-state index is 10.0. The van der Waals surface area contributed by atoms with Gasteiger partial charge in [-0.2, -0.15) is 0 Å². The van der Waals surface area contributed by atoms with Gasteiger partial charge in [-0.1, -0.05) is 6.42 Å². The van der Waals surface area contributed by atoms with Gasteiger partial charge in [0, 0.05) is 19.7 Å². The molecule has 0 aromatic carbocycles. The van der Waals surface area contributed by atoms with E-state index in [4.69, 9.17) is 9.47 Å². The zero-order valence-electron chi connectivity index (χ0n) is 11.5. The lowest BCUT2D eigenvalue weighted by Gasteiger charge is -2.38. The number of fused-ring (bicyclic) bond motifs is 1. The van der Waals surface area contributed by atoms with Crippen LogP contribution in [-0.2, 0) is 9.47 Å². The topological polar surface area (TPSA) is 41.9 Å². The van der Waals surface area contributed by atoms with Gasteiger partial charge in [-0.15, -0.1) is 0 Å². The third kappa shape index (κ3) is 3.92. The highest BCUT2D eigenvalue weighted by Gasteiger charge is 2.35. The lowest BCUT2D eigenvalue weighted by Crippen LogP contribution is -2.46. The largest absolute Gasteiger partial charge is 0.389 e. The molecule has 3 atom stereocenters. The van der Waals surface area contributed by atoms with E-state index in [0.717, 1.165) is 25.0 Å². The first-order chi connectivity index (χ1) is 8.81. The van der Waals surface area contributed by atoms with Crippen molar-refractivity contribution >= 4 is 0 Å². The summed E-state index contributed by atoms with van der Waals surface area (Å²) in [6, 6.07) is 0.729. The fraction of sp³-hybridized carbons (Fsp3) is 1.00. The van der Waals surface area contributed by atoms with Crippen LogP contribution < -0.4 is 0 Å². The highest BCUT2D eigenvalue weighted by molar-refractivity contribution is 4.89. The van der Waals surface area contributed by atoms with Crippen molar-refractivity contribution in [2.75, 3.05) is 40.0 Å². The van der Waals surface area contributed by atoms with Crippen LogP contribution in [0, 0.1) is 5.92 Å². The maximum atomic E-state index is 10.0. The standard InChI is InChI=1S/C14H27NO3/c1-17-8-9-18-11-13(16)10-15-7-3-5-12-4-2-6-14(12)15/h12-14,16H,2-11H2,1H3. The minimum absolute atomic E-state index is 0.360. The van der Waals surface area contributed by atoms with Crippen molar-refractivity contribution in [2.24, 2.45) is 5.92 Å². The number of hydrogen-bond acceptors (Lipinski definition) is 4. The zero-order valence-corrected chi connectivity index (χ0v) is 11.5. The fourth-order valence-electron chi connectivity index (χ4n) is 3.47. The summed E-state index contributed by atoms with van der Waals surface area (Å²) in [5.74, 6) is 0.889. The Balaban J connectivity index is 1.67. The van der Waals surface area contributed by atoms with Crippen LogP contribution in [0.2, 0.25) is 0 Å². The van der Waals surface area contributed by atoms with Crippen molar-refractivity contribution in [3.63, 3.8) is 0 Å². The van der Waals surface area contributed by atoms with E-state index in [2.05, 4.69) is 4.90 Å². The van der Waals surface area contributed by atoms with Gasteiger partial charge in [0.1, 0.15) is 0 Å². The molecule has 0 radical (unpaired) electrons. The summed E-state index contributed by atoms with van der Waals surface area (Å²) >= 11 is 0. The first-order valence-corrected chi connectivity index (χ1v) is 7.30. The van der Waals surface area contributed by atoms with Crippen molar-refractivity contribution in [2.45, 2.75) is 44.2 Å².